The molecule has 0 aliphatic carbocycles. The third-order valence-electron chi connectivity index (χ3n) is 4.67. The minimum Gasteiger partial charge on any atom is -0.480 e. The van der Waals surface area contributed by atoms with Gasteiger partial charge in [0, 0.05) is 0 Å². The van der Waals surface area contributed by atoms with E-state index < -0.39 is 24.0 Å². The lowest BCUT2D eigenvalue weighted by atomic mass is 9.97. The predicted molar refractivity (Wildman–Crippen MR) is 98.9 cm³/mol. The minimum absolute atomic E-state index is 0.220. The average molecular weight is 359 g/mol. The van der Waals surface area contributed by atoms with Crippen molar-refractivity contribution >= 4 is 22.8 Å². The molecule has 0 spiro atoms. The van der Waals surface area contributed by atoms with Crippen LogP contribution >= 0.6 is 0 Å². The number of carboxylic acids is 1. The van der Waals surface area contributed by atoms with E-state index in [4.69, 9.17) is 0 Å². The van der Waals surface area contributed by atoms with Crippen molar-refractivity contribution in [2.45, 2.75) is 46.2 Å². The molecule has 2 aromatic rings. The average Bonchev–Trinajstić information content (AvgIpc) is 2.61. The lowest BCUT2D eigenvalue weighted by molar-refractivity contribution is -0.144. The van der Waals surface area contributed by atoms with Crippen LogP contribution in [0.1, 0.15) is 40.2 Å². The highest BCUT2D eigenvalue weighted by Crippen LogP contribution is 2.19. The molecule has 3 atom stereocenters. The summed E-state index contributed by atoms with van der Waals surface area (Å²) in [7, 11) is 0. The van der Waals surface area contributed by atoms with Crippen LogP contribution < -0.4 is 10.9 Å². The van der Waals surface area contributed by atoms with Gasteiger partial charge in [0.2, 0.25) is 5.91 Å². The van der Waals surface area contributed by atoms with Crippen LogP contribution in [0.15, 0.2) is 35.4 Å². The van der Waals surface area contributed by atoms with E-state index in [0.717, 1.165) is 0 Å². The quantitative estimate of drug-likeness (QED) is 0.789. The molecule has 0 bridgehead atoms. The second-order valence-corrected chi connectivity index (χ2v) is 6.87. The number of carboxylic acid groups (broad SMARTS) is 1. The molecule has 0 aliphatic heterocycles. The number of aliphatic carboxylic acids is 1. The van der Waals surface area contributed by atoms with Crippen LogP contribution in [0, 0.1) is 11.8 Å². The van der Waals surface area contributed by atoms with Gasteiger partial charge >= 0.3 is 5.97 Å². The maximum Gasteiger partial charge on any atom is 0.326 e. The van der Waals surface area contributed by atoms with Gasteiger partial charge in [-0.2, -0.15) is 0 Å². The number of benzene rings is 1. The zero-order chi connectivity index (χ0) is 19.4. The molecule has 0 radical (unpaired) electrons. The fourth-order valence-corrected chi connectivity index (χ4v) is 2.95. The van der Waals surface area contributed by atoms with Crippen molar-refractivity contribution in [2.75, 3.05) is 0 Å². The first-order valence-corrected chi connectivity index (χ1v) is 8.77. The summed E-state index contributed by atoms with van der Waals surface area (Å²) < 4.78 is 1.29. The summed E-state index contributed by atoms with van der Waals surface area (Å²) >= 11 is 0. The first-order chi connectivity index (χ1) is 12.3. The third kappa shape index (κ3) is 3.92. The van der Waals surface area contributed by atoms with Crippen LogP contribution in [-0.2, 0) is 9.59 Å². The van der Waals surface area contributed by atoms with Gasteiger partial charge in [0.05, 0.1) is 17.2 Å². The summed E-state index contributed by atoms with van der Waals surface area (Å²) in [4.78, 5) is 41.4. The maximum atomic E-state index is 12.8. The molecule has 0 saturated carbocycles. The highest BCUT2D eigenvalue weighted by Gasteiger charge is 2.31. The molecule has 1 heterocycles. The monoisotopic (exact) mass is 359 g/mol. The molecule has 0 fully saturated rings. The molecule has 0 saturated heterocycles. The number of nitrogens with one attached hydrogen (secondary N) is 1. The Morgan fingerprint density at radius 3 is 2.46 bits per heavy atom. The summed E-state index contributed by atoms with van der Waals surface area (Å²) in [5.74, 6) is -2.02. The molecule has 1 aromatic heterocycles. The largest absolute Gasteiger partial charge is 0.480 e. The Bertz CT molecular complexity index is 859. The normalized spacial score (nSPS) is 14.8. The van der Waals surface area contributed by atoms with Gasteiger partial charge in [-0.3, -0.25) is 14.2 Å². The topological polar surface area (TPSA) is 101 Å². The van der Waals surface area contributed by atoms with Gasteiger partial charge in [-0.15, -0.1) is 0 Å². The third-order valence-corrected chi connectivity index (χ3v) is 4.67. The Balaban J connectivity index is 2.43. The summed E-state index contributed by atoms with van der Waals surface area (Å²) in [5.41, 5.74) is 0.236. The summed E-state index contributed by atoms with van der Waals surface area (Å²) in [6, 6.07) is 5.08. The van der Waals surface area contributed by atoms with Crippen LogP contribution in [0.3, 0.4) is 0 Å². The number of carbonyl (C=O) groups excluding carboxylic acids is 1. The van der Waals surface area contributed by atoms with Crippen LogP contribution in [0.4, 0.5) is 0 Å². The maximum absolute atomic E-state index is 12.8. The number of rotatable bonds is 7. The smallest absolute Gasteiger partial charge is 0.326 e. The molecule has 2 rings (SSSR count). The van der Waals surface area contributed by atoms with E-state index in [1.165, 1.54) is 10.9 Å². The van der Waals surface area contributed by atoms with E-state index in [1.54, 1.807) is 31.2 Å². The van der Waals surface area contributed by atoms with E-state index >= 15 is 0 Å². The lowest BCUT2D eigenvalue weighted by Crippen LogP contribution is -2.49. The number of carbonyl (C=O) groups is 2. The molecule has 0 unspecified atom stereocenters. The Kier molecular flexibility index (Phi) is 6.13. The van der Waals surface area contributed by atoms with Crippen LogP contribution in [-0.4, -0.2) is 32.6 Å². The highest BCUT2D eigenvalue weighted by molar-refractivity contribution is 5.86. The number of hydrogen-bond donors (Lipinski definition) is 2. The Morgan fingerprint density at radius 1 is 1.23 bits per heavy atom. The Labute approximate surface area is 152 Å². The summed E-state index contributed by atoms with van der Waals surface area (Å²) in [6.07, 6.45) is 1.97. The fraction of sp³-hybridized carbons (Fsp3) is 0.474. The second-order valence-electron chi connectivity index (χ2n) is 6.87. The van der Waals surface area contributed by atoms with Crippen molar-refractivity contribution in [2.24, 2.45) is 11.8 Å². The lowest BCUT2D eigenvalue weighted by Gasteiger charge is -2.26. The number of para-hydroxylation sites is 1. The molecule has 1 aromatic carbocycles. The molecule has 7 heteroatoms. The first-order valence-electron chi connectivity index (χ1n) is 8.77. The first kappa shape index (κ1) is 19.6. The summed E-state index contributed by atoms with van der Waals surface area (Å²) in [5, 5.41) is 12.4. The SMILES string of the molecule is CC[C@@H](C)[C@H](NC(=O)[C@H](C(C)C)n1cnc2ccccc2c1=O)C(=O)O. The van der Waals surface area contributed by atoms with Crippen molar-refractivity contribution in [1.29, 1.82) is 0 Å². The van der Waals surface area contributed by atoms with E-state index in [2.05, 4.69) is 10.3 Å². The van der Waals surface area contributed by atoms with Crippen molar-refractivity contribution in [3.63, 3.8) is 0 Å². The van der Waals surface area contributed by atoms with Crippen LogP contribution in [0.2, 0.25) is 0 Å². The number of aromatic nitrogens is 2. The number of amides is 1. The minimum atomic E-state index is -1.08. The second kappa shape index (κ2) is 8.12. The molecule has 140 valence electrons. The van der Waals surface area contributed by atoms with Crippen molar-refractivity contribution in [3.8, 4) is 0 Å². The number of nitrogens with zero attached hydrogens (tertiary/aromatic N) is 2. The fourth-order valence-electron chi connectivity index (χ4n) is 2.95. The van der Waals surface area contributed by atoms with Crippen molar-refractivity contribution < 1.29 is 14.7 Å². The molecular formula is C19H25N3O4. The van der Waals surface area contributed by atoms with E-state index in [-0.39, 0.29) is 17.4 Å². The molecule has 0 aliphatic rings. The molecule has 1 amide bonds. The van der Waals surface area contributed by atoms with Gasteiger partial charge in [-0.05, 0) is 24.0 Å². The van der Waals surface area contributed by atoms with Gasteiger partial charge in [0.1, 0.15) is 12.1 Å². The van der Waals surface area contributed by atoms with Gasteiger partial charge < -0.3 is 10.4 Å². The van der Waals surface area contributed by atoms with E-state index in [0.29, 0.717) is 17.3 Å². The predicted octanol–water partition coefficient (Wildman–Crippen LogP) is 2.21. The molecule has 26 heavy (non-hydrogen) atoms. The summed E-state index contributed by atoms with van der Waals surface area (Å²) in [6.45, 7) is 7.26. The number of fused-ring (bicyclic) bond motifs is 1. The van der Waals surface area contributed by atoms with Gasteiger partial charge in [0.15, 0.2) is 0 Å². The molecular weight excluding hydrogens is 334 g/mol. The van der Waals surface area contributed by atoms with E-state index in [9.17, 15) is 19.5 Å². The van der Waals surface area contributed by atoms with Crippen molar-refractivity contribution in [3.05, 3.63) is 40.9 Å². The number of hydrogen-bond acceptors (Lipinski definition) is 4. The van der Waals surface area contributed by atoms with Gasteiger partial charge in [0.25, 0.3) is 5.56 Å². The highest BCUT2D eigenvalue weighted by atomic mass is 16.4. The molecule has 2 N–H and O–H groups in total. The van der Waals surface area contributed by atoms with Crippen LogP contribution in [0.25, 0.3) is 10.9 Å². The van der Waals surface area contributed by atoms with Crippen molar-refractivity contribution in [1.82, 2.24) is 14.9 Å². The molecule has 7 nitrogen and oxygen atoms in total. The standard InChI is InChI=1S/C19H25N3O4/c1-5-12(4)15(19(25)26)21-17(23)16(11(2)3)22-10-20-14-9-7-6-8-13(14)18(22)24/h6-12,15-16H,5H2,1-4H3,(H,21,23)(H,25,26)/t12-,15+,16+/m1/s1. The Morgan fingerprint density at radius 2 is 1.88 bits per heavy atom. The zero-order valence-corrected chi connectivity index (χ0v) is 15.5. The van der Waals surface area contributed by atoms with E-state index in [1.807, 2.05) is 20.8 Å². The zero-order valence-electron chi connectivity index (χ0n) is 15.5. The Hall–Kier alpha value is -2.70. The van der Waals surface area contributed by atoms with Crippen LogP contribution in [0.5, 0.6) is 0 Å². The van der Waals surface area contributed by atoms with Gasteiger partial charge in [-0.25, -0.2) is 9.78 Å². The van der Waals surface area contributed by atoms with Gasteiger partial charge in [-0.1, -0.05) is 46.2 Å².